The number of carboxylic acids is 1. The minimum absolute atomic E-state index is 0.0337. The Balaban J connectivity index is 1.40. The van der Waals surface area contributed by atoms with Crippen LogP contribution in [0.4, 0.5) is 4.79 Å². The van der Waals surface area contributed by atoms with Gasteiger partial charge in [0, 0.05) is 18.9 Å². The van der Waals surface area contributed by atoms with Gasteiger partial charge in [0.2, 0.25) is 0 Å². The van der Waals surface area contributed by atoms with Gasteiger partial charge in [-0.15, -0.1) is 0 Å². The van der Waals surface area contributed by atoms with Crippen LogP contribution in [-0.2, 0) is 16.0 Å². The molecule has 3 aromatic rings. The van der Waals surface area contributed by atoms with Gasteiger partial charge >= 0.3 is 12.1 Å². The molecule has 1 aliphatic heterocycles. The van der Waals surface area contributed by atoms with Crippen LogP contribution in [0.3, 0.4) is 0 Å². The van der Waals surface area contributed by atoms with Crippen LogP contribution in [0.25, 0.3) is 0 Å². The number of cyclic esters (lactones) is 1. The lowest BCUT2D eigenvalue weighted by molar-refractivity contribution is -0.137. The van der Waals surface area contributed by atoms with Crippen LogP contribution >= 0.6 is 0 Å². The van der Waals surface area contributed by atoms with Gasteiger partial charge in [-0.2, -0.15) is 0 Å². The maximum absolute atomic E-state index is 12.7. The Labute approximate surface area is 206 Å². The highest BCUT2D eigenvalue weighted by molar-refractivity contribution is 5.70. The lowest BCUT2D eigenvalue weighted by Gasteiger charge is -2.30. The molecular weight excluding hydrogens is 442 g/mol. The second kappa shape index (κ2) is 12.1. The number of ether oxygens (including phenoxy) is 2. The highest BCUT2D eigenvalue weighted by atomic mass is 16.6. The molecule has 1 N–H and O–H groups in total. The first-order valence-corrected chi connectivity index (χ1v) is 12.1. The Kier molecular flexibility index (Phi) is 8.39. The van der Waals surface area contributed by atoms with E-state index in [1.807, 2.05) is 65.6 Å². The summed E-state index contributed by atoms with van der Waals surface area (Å²) in [5.74, 6) is -0.0474. The third kappa shape index (κ3) is 6.63. The summed E-state index contributed by atoms with van der Waals surface area (Å²) in [5, 5.41) is 8.75. The zero-order valence-corrected chi connectivity index (χ0v) is 19.7. The smallest absolute Gasteiger partial charge is 0.410 e. The molecule has 1 amide bonds. The van der Waals surface area contributed by atoms with Crippen molar-refractivity contribution in [3.05, 3.63) is 102 Å². The second-order valence-electron chi connectivity index (χ2n) is 8.73. The number of carbonyl (C=O) groups is 2. The Bertz CT molecular complexity index is 1060. The van der Waals surface area contributed by atoms with Gasteiger partial charge in [0.05, 0.1) is 12.6 Å². The number of hydrogen-bond donors (Lipinski definition) is 1. The number of aryl methyl sites for hydroxylation is 1. The lowest BCUT2D eigenvalue weighted by Crippen LogP contribution is -2.39. The molecule has 0 radical (unpaired) electrons. The first-order valence-electron chi connectivity index (χ1n) is 12.1. The molecule has 0 spiro atoms. The molecule has 1 aliphatic rings. The summed E-state index contributed by atoms with van der Waals surface area (Å²) in [5.41, 5.74) is 3.45. The van der Waals surface area contributed by atoms with Crippen molar-refractivity contribution < 1.29 is 24.2 Å². The number of carboxylic acid groups (broad SMARTS) is 1. The fourth-order valence-electron chi connectivity index (χ4n) is 4.61. The fourth-order valence-corrected chi connectivity index (χ4v) is 4.61. The maximum atomic E-state index is 12.7. The molecule has 4 rings (SSSR count). The molecule has 0 saturated carbocycles. The van der Waals surface area contributed by atoms with E-state index < -0.39 is 5.97 Å². The van der Waals surface area contributed by atoms with Crippen molar-refractivity contribution in [1.29, 1.82) is 0 Å². The van der Waals surface area contributed by atoms with E-state index in [-0.39, 0.29) is 24.5 Å². The number of rotatable bonds is 12. The van der Waals surface area contributed by atoms with Crippen LogP contribution in [0.2, 0.25) is 0 Å². The van der Waals surface area contributed by atoms with Gasteiger partial charge < -0.3 is 19.5 Å². The average molecular weight is 474 g/mol. The molecule has 1 fully saturated rings. The van der Waals surface area contributed by atoms with Crippen LogP contribution in [-0.4, -0.2) is 47.9 Å². The summed E-state index contributed by atoms with van der Waals surface area (Å²) < 4.78 is 11.2. The molecule has 6 nitrogen and oxygen atoms in total. The maximum Gasteiger partial charge on any atom is 0.410 e. The largest absolute Gasteiger partial charge is 0.494 e. The van der Waals surface area contributed by atoms with Gasteiger partial charge in [0.15, 0.2) is 0 Å². The van der Waals surface area contributed by atoms with Gasteiger partial charge in [-0.3, -0.25) is 4.79 Å². The second-order valence-corrected chi connectivity index (χ2v) is 8.73. The highest BCUT2D eigenvalue weighted by Gasteiger charge is 2.39. The first kappa shape index (κ1) is 24.3. The number of hydrogen-bond acceptors (Lipinski definition) is 4. The molecule has 1 atom stereocenters. The topological polar surface area (TPSA) is 76.1 Å². The van der Waals surface area contributed by atoms with E-state index in [0.717, 1.165) is 24.2 Å². The van der Waals surface area contributed by atoms with E-state index in [1.165, 1.54) is 11.1 Å². The van der Waals surface area contributed by atoms with Crippen LogP contribution in [0.15, 0.2) is 84.9 Å². The van der Waals surface area contributed by atoms with E-state index in [4.69, 9.17) is 14.6 Å². The number of carbonyl (C=O) groups excluding carboxylic acids is 1. The standard InChI is InChI=1S/C29H31NO5/c31-27(32)17-9-19-34-25-16-7-10-22(20-25)11-8-18-30-26(21-35-29(30)33)28(23-12-3-1-4-13-23)24-14-5-2-6-15-24/h1-7,10,12-16,20,26,28H,8-9,11,17-19,21H2,(H,31,32)/t26-/m1/s1. The van der Waals surface area contributed by atoms with Crippen LogP contribution in [0, 0.1) is 0 Å². The SMILES string of the molecule is O=C(O)CCCOc1cccc(CCCN2C(=O)OC[C@@H]2C(c2ccccc2)c2ccccc2)c1. The van der Waals surface area contributed by atoms with E-state index in [0.29, 0.717) is 26.2 Å². The summed E-state index contributed by atoms with van der Waals surface area (Å²) in [6, 6.07) is 28.4. The van der Waals surface area contributed by atoms with Gasteiger partial charge in [-0.25, -0.2) is 4.79 Å². The van der Waals surface area contributed by atoms with E-state index in [9.17, 15) is 9.59 Å². The Morgan fingerprint density at radius 3 is 2.31 bits per heavy atom. The molecule has 6 heteroatoms. The van der Waals surface area contributed by atoms with E-state index >= 15 is 0 Å². The molecule has 0 aromatic heterocycles. The molecule has 1 heterocycles. The van der Waals surface area contributed by atoms with Crippen molar-refractivity contribution in [2.24, 2.45) is 0 Å². The van der Waals surface area contributed by atoms with E-state index in [1.54, 1.807) is 0 Å². The van der Waals surface area contributed by atoms with E-state index in [2.05, 4.69) is 24.3 Å². The Hall–Kier alpha value is -3.80. The summed E-state index contributed by atoms with van der Waals surface area (Å²) in [4.78, 5) is 25.2. The van der Waals surface area contributed by atoms with Crippen LogP contribution in [0.1, 0.15) is 41.9 Å². The Morgan fingerprint density at radius 1 is 0.971 bits per heavy atom. The normalized spacial score (nSPS) is 15.3. The van der Waals surface area contributed by atoms with Crippen molar-refractivity contribution in [3.63, 3.8) is 0 Å². The molecule has 35 heavy (non-hydrogen) atoms. The number of benzene rings is 3. The molecule has 0 aliphatic carbocycles. The predicted molar refractivity (Wildman–Crippen MR) is 134 cm³/mol. The summed E-state index contributed by atoms with van der Waals surface area (Å²) >= 11 is 0. The molecule has 0 bridgehead atoms. The van der Waals surface area contributed by atoms with Crippen molar-refractivity contribution in [2.75, 3.05) is 19.8 Å². The van der Waals surface area contributed by atoms with Gasteiger partial charge in [0.25, 0.3) is 0 Å². The quantitative estimate of drug-likeness (QED) is 0.351. The third-order valence-electron chi connectivity index (χ3n) is 6.28. The minimum atomic E-state index is -0.817. The summed E-state index contributed by atoms with van der Waals surface area (Å²) in [7, 11) is 0. The number of amides is 1. The summed E-state index contributed by atoms with van der Waals surface area (Å²) in [6.07, 6.45) is 1.90. The third-order valence-corrected chi connectivity index (χ3v) is 6.28. The minimum Gasteiger partial charge on any atom is -0.494 e. The molecule has 0 unspecified atom stereocenters. The number of nitrogens with zero attached hydrogens (tertiary/aromatic N) is 1. The summed E-state index contributed by atoms with van der Waals surface area (Å²) in [6.45, 7) is 1.34. The monoisotopic (exact) mass is 473 g/mol. The zero-order chi connectivity index (χ0) is 24.5. The highest BCUT2D eigenvalue weighted by Crippen LogP contribution is 2.34. The van der Waals surface area contributed by atoms with Gasteiger partial charge in [0.1, 0.15) is 12.4 Å². The van der Waals surface area contributed by atoms with Crippen molar-refractivity contribution in [3.8, 4) is 5.75 Å². The van der Waals surface area contributed by atoms with Crippen molar-refractivity contribution >= 4 is 12.1 Å². The van der Waals surface area contributed by atoms with Gasteiger partial charge in [-0.1, -0.05) is 72.8 Å². The van der Waals surface area contributed by atoms with Crippen molar-refractivity contribution in [1.82, 2.24) is 4.90 Å². The number of aliphatic carboxylic acids is 1. The molecule has 182 valence electrons. The predicted octanol–water partition coefficient (Wildman–Crippen LogP) is 5.52. The van der Waals surface area contributed by atoms with Crippen LogP contribution in [0.5, 0.6) is 5.75 Å². The molecule has 1 saturated heterocycles. The molecule has 3 aromatic carbocycles. The molecular formula is C29H31NO5. The van der Waals surface area contributed by atoms with Crippen LogP contribution < -0.4 is 4.74 Å². The fraction of sp³-hybridized carbons (Fsp3) is 0.310. The van der Waals surface area contributed by atoms with Crippen molar-refractivity contribution in [2.45, 2.75) is 37.6 Å². The zero-order valence-electron chi connectivity index (χ0n) is 19.7. The van der Waals surface area contributed by atoms with Gasteiger partial charge in [-0.05, 0) is 48.1 Å². The first-order chi connectivity index (χ1) is 17.1. The average Bonchev–Trinajstić information content (AvgIpc) is 3.23. The lowest BCUT2D eigenvalue weighted by atomic mass is 9.85. The Morgan fingerprint density at radius 2 is 1.66 bits per heavy atom.